The van der Waals surface area contributed by atoms with Crippen LogP contribution in [0.2, 0.25) is 0 Å². The summed E-state index contributed by atoms with van der Waals surface area (Å²) in [4.78, 5) is 11.8. The van der Waals surface area contributed by atoms with Gasteiger partial charge in [-0.1, -0.05) is 42.0 Å². The summed E-state index contributed by atoms with van der Waals surface area (Å²) in [6, 6.07) is 14.2. The Labute approximate surface area is 141 Å². The molecule has 1 aromatic heterocycles. The third kappa shape index (κ3) is 2.41. The van der Waals surface area contributed by atoms with E-state index in [9.17, 15) is 9.90 Å². The number of aryl methyl sites for hydroxylation is 2. The number of fused-ring (bicyclic) bond motifs is 3. The van der Waals surface area contributed by atoms with Gasteiger partial charge in [0.25, 0.3) is 0 Å². The minimum atomic E-state index is -0.846. The quantitative estimate of drug-likeness (QED) is 0.768. The second kappa shape index (κ2) is 5.82. The largest absolute Gasteiger partial charge is 0.478 e. The third-order valence-electron chi connectivity index (χ3n) is 5.05. The van der Waals surface area contributed by atoms with E-state index in [1.54, 1.807) is 6.07 Å². The van der Waals surface area contributed by atoms with Crippen molar-refractivity contribution in [3.8, 4) is 0 Å². The zero-order valence-corrected chi connectivity index (χ0v) is 13.9. The molecule has 3 nitrogen and oxygen atoms in total. The average Bonchev–Trinajstić information content (AvgIpc) is 2.89. The van der Waals surface area contributed by atoms with Crippen LogP contribution in [0.25, 0.3) is 10.9 Å². The fourth-order valence-electron chi connectivity index (χ4n) is 4.03. The van der Waals surface area contributed by atoms with Gasteiger partial charge in [-0.15, -0.1) is 0 Å². The molecule has 3 heteroatoms. The molecule has 0 spiro atoms. The highest BCUT2D eigenvalue weighted by Crippen LogP contribution is 2.34. The first-order chi connectivity index (χ1) is 11.6. The molecule has 0 aliphatic heterocycles. The molecule has 1 aliphatic carbocycles. The highest BCUT2D eigenvalue weighted by molar-refractivity contribution is 6.04. The number of nitrogens with zero attached hydrogens (tertiary/aromatic N) is 1. The summed E-state index contributed by atoms with van der Waals surface area (Å²) in [7, 11) is 0. The van der Waals surface area contributed by atoms with E-state index in [-0.39, 0.29) is 0 Å². The van der Waals surface area contributed by atoms with Crippen molar-refractivity contribution in [1.29, 1.82) is 0 Å². The minimum Gasteiger partial charge on any atom is -0.478 e. The van der Waals surface area contributed by atoms with Crippen LogP contribution in [0.1, 0.15) is 45.6 Å². The summed E-state index contributed by atoms with van der Waals surface area (Å²) in [6.45, 7) is 2.83. The van der Waals surface area contributed by atoms with Crippen molar-refractivity contribution in [3.63, 3.8) is 0 Å². The van der Waals surface area contributed by atoms with Gasteiger partial charge in [-0.05, 0) is 49.8 Å². The number of hydrogen-bond acceptors (Lipinski definition) is 1. The Balaban J connectivity index is 1.97. The van der Waals surface area contributed by atoms with Crippen LogP contribution in [0.3, 0.4) is 0 Å². The van der Waals surface area contributed by atoms with Crippen LogP contribution in [0.5, 0.6) is 0 Å². The molecular formula is C21H21NO2. The second-order valence-corrected chi connectivity index (χ2v) is 6.71. The highest BCUT2D eigenvalue weighted by atomic mass is 16.4. The van der Waals surface area contributed by atoms with E-state index in [0.717, 1.165) is 30.3 Å². The summed E-state index contributed by atoms with van der Waals surface area (Å²) in [5.74, 6) is -0.846. The van der Waals surface area contributed by atoms with Crippen LogP contribution in [0.4, 0.5) is 0 Å². The molecule has 1 N–H and O–H groups in total. The van der Waals surface area contributed by atoms with Gasteiger partial charge in [-0.2, -0.15) is 0 Å². The smallest absolute Gasteiger partial charge is 0.337 e. The summed E-state index contributed by atoms with van der Waals surface area (Å²) >= 11 is 0. The first kappa shape index (κ1) is 15.0. The molecule has 0 bridgehead atoms. The lowest BCUT2D eigenvalue weighted by molar-refractivity contribution is 0.0698. The van der Waals surface area contributed by atoms with Gasteiger partial charge >= 0.3 is 5.97 Å². The number of carbonyl (C=O) groups is 1. The lowest BCUT2D eigenvalue weighted by atomic mass is 9.95. The standard InChI is InChI=1S/C21H21NO2/c1-14-6-4-7-15(12-14)13-22-19-11-3-2-8-16(19)17-9-5-10-18(20(17)22)21(23)24/h4-7,9-10,12H,2-3,8,11,13H2,1H3,(H,23,24). The zero-order valence-electron chi connectivity index (χ0n) is 13.9. The Morgan fingerprint density at radius 1 is 1.12 bits per heavy atom. The zero-order chi connectivity index (χ0) is 16.7. The molecular weight excluding hydrogens is 298 g/mol. The van der Waals surface area contributed by atoms with E-state index in [1.165, 1.54) is 35.2 Å². The van der Waals surface area contributed by atoms with E-state index in [2.05, 4.69) is 41.8 Å². The summed E-state index contributed by atoms with van der Waals surface area (Å²) in [5, 5.41) is 10.8. The molecule has 4 rings (SSSR count). The van der Waals surface area contributed by atoms with Crippen molar-refractivity contribution in [2.45, 2.75) is 39.2 Å². The topological polar surface area (TPSA) is 42.2 Å². The number of carboxylic acids is 1. The van der Waals surface area contributed by atoms with Gasteiger partial charge in [-0.3, -0.25) is 0 Å². The molecule has 24 heavy (non-hydrogen) atoms. The van der Waals surface area contributed by atoms with Crippen LogP contribution in [-0.4, -0.2) is 15.6 Å². The Morgan fingerprint density at radius 3 is 2.71 bits per heavy atom. The Hall–Kier alpha value is -2.55. The van der Waals surface area contributed by atoms with Gasteiger partial charge in [0.05, 0.1) is 11.1 Å². The molecule has 1 aliphatic rings. The lowest BCUT2D eigenvalue weighted by Crippen LogP contribution is -2.10. The van der Waals surface area contributed by atoms with Crippen LogP contribution >= 0.6 is 0 Å². The maximum atomic E-state index is 11.8. The van der Waals surface area contributed by atoms with Crippen molar-refractivity contribution in [2.24, 2.45) is 0 Å². The molecule has 2 aromatic carbocycles. The van der Waals surface area contributed by atoms with Crippen molar-refractivity contribution in [3.05, 3.63) is 70.4 Å². The van der Waals surface area contributed by atoms with Gasteiger partial charge in [-0.25, -0.2) is 4.79 Å². The van der Waals surface area contributed by atoms with E-state index in [4.69, 9.17) is 0 Å². The number of para-hydroxylation sites is 1. The molecule has 3 aromatic rings. The number of aromatic nitrogens is 1. The monoisotopic (exact) mass is 319 g/mol. The summed E-state index contributed by atoms with van der Waals surface area (Å²) in [6.07, 6.45) is 4.46. The minimum absolute atomic E-state index is 0.412. The summed E-state index contributed by atoms with van der Waals surface area (Å²) in [5.41, 5.74) is 6.43. The SMILES string of the molecule is Cc1cccc(Cn2c3c(c4cccc(C(=O)O)c42)CCCC3)c1. The van der Waals surface area contributed by atoms with Gasteiger partial charge in [0.2, 0.25) is 0 Å². The van der Waals surface area contributed by atoms with Crippen molar-refractivity contribution < 1.29 is 9.90 Å². The predicted octanol–water partition coefficient (Wildman–Crippen LogP) is 4.58. The van der Waals surface area contributed by atoms with E-state index in [1.807, 2.05) is 6.07 Å². The first-order valence-corrected chi connectivity index (χ1v) is 8.57. The van der Waals surface area contributed by atoms with Crippen LogP contribution < -0.4 is 0 Å². The Bertz CT molecular complexity index is 936. The molecule has 0 radical (unpaired) electrons. The fourth-order valence-corrected chi connectivity index (χ4v) is 4.03. The molecule has 0 amide bonds. The highest BCUT2D eigenvalue weighted by Gasteiger charge is 2.23. The first-order valence-electron chi connectivity index (χ1n) is 8.57. The maximum Gasteiger partial charge on any atom is 0.337 e. The number of rotatable bonds is 3. The number of aromatic carboxylic acids is 1. The molecule has 0 unspecified atom stereocenters. The Kier molecular flexibility index (Phi) is 3.64. The van der Waals surface area contributed by atoms with Crippen molar-refractivity contribution in [2.75, 3.05) is 0 Å². The maximum absolute atomic E-state index is 11.8. The van der Waals surface area contributed by atoms with E-state index in [0.29, 0.717) is 5.56 Å². The molecule has 122 valence electrons. The molecule has 1 heterocycles. The number of benzene rings is 2. The molecule has 0 saturated carbocycles. The lowest BCUT2D eigenvalue weighted by Gasteiger charge is -2.16. The molecule has 0 fully saturated rings. The average molecular weight is 319 g/mol. The van der Waals surface area contributed by atoms with Gasteiger partial charge in [0.1, 0.15) is 0 Å². The predicted molar refractivity (Wildman–Crippen MR) is 95.8 cm³/mol. The van der Waals surface area contributed by atoms with Crippen molar-refractivity contribution in [1.82, 2.24) is 4.57 Å². The van der Waals surface area contributed by atoms with Gasteiger partial charge < -0.3 is 9.67 Å². The second-order valence-electron chi connectivity index (χ2n) is 6.71. The molecule has 0 saturated heterocycles. The van der Waals surface area contributed by atoms with E-state index < -0.39 is 5.97 Å². The Morgan fingerprint density at radius 2 is 1.92 bits per heavy atom. The van der Waals surface area contributed by atoms with E-state index >= 15 is 0 Å². The van der Waals surface area contributed by atoms with Crippen molar-refractivity contribution >= 4 is 16.9 Å². The molecule has 0 atom stereocenters. The van der Waals surface area contributed by atoms with Gasteiger partial charge in [0, 0.05) is 17.6 Å². The van der Waals surface area contributed by atoms with Crippen LogP contribution in [-0.2, 0) is 19.4 Å². The van der Waals surface area contributed by atoms with Crippen LogP contribution in [0.15, 0.2) is 42.5 Å². The number of hydrogen-bond donors (Lipinski definition) is 1. The third-order valence-corrected chi connectivity index (χ3v) is 5.05. The fraction of sp³-hybridized carbons (Fsp3) is 0.286. The normalized spacial score (nSPS) is 13.9. The summed E-state index contributed by atoms with van der Waals surface area (Å²) < 4.78 is 2.25. The number of carboxylic acid groups (broad SMARTS) is 1. The van der Waals surface area contributed by atoms with Crippen LogP contribution in [0, 0.1) is 6.92 Å². The van der Waals surface area contributed by atoms with Gasteiger partial charge in [0.15, 0.2) is 0 Å².